The van der Waals surface area contributed by atoms with Crippen LogP contribution in [0.3, 0.4) is 0 Å². The lowest BCUT2D eigenvalue weighted by Gasteiger charge is -2.19. The van der Waals surface area contributed by atoms with Crippen molar-refractivity contribution in [1.29, 1.82) is 0 Å². The van der Waals surface area contributed by atoms with Crippen LogP contribution in [0, 0.1) is 0 Å². The van der Waals surface area contributed by atoms with Crippen LogP contribution in [-0.4, -0.2) is 24.2 Å². The van der Waals surface area contributed by atoms with E-state index in [2.05, 4.69) is 44.1 Å². The zero-order chi connectivity index (χ0) is 13.6. The Morgan fingerprint density at radius 2 is 2.17 bits per heavy atom. The maximum Gasteiger partial charge on any atom is 0.144 e. The summed E-state index contributed by atoms with van der Waals surface area (Å²) in [6.45, 7) is 9.56. The molecule has 1 aromatic rings. The number of hydrogen-bond acceptors (Lipinski definition) is 3. The molecule has 18 heavy (non-hydrogen) atoms. The van der Waals surface area contributed by atoms with E-state index in [-0.39, 0.29) is 5.54 Å². The lowest BCUT2D eigenvalue weighted by Crippen LogP contribution is -2.36. The van der Waals surface area contributed by atoms with E-state index in [0.717, 1.165) is 30.0 Å². The molecule has 0 unspecified atom stereocenters. The summed E-state index contributed by atoms with van der Waals surface area (Å²) in [7, 11) is 1.68. The van der Waals surface area contributed by atoms with Gasteiger partial charge in [0.2, 0.25) is 0 Å². The molecule has 0 bridgehead atoms. The van der Waals surface area contributed by atoms with Crippen molar-refractivity contribution in [3.8, 4) is 5.75 Å². The third-order valence-electron chi connectivity index (χ3n) is 2.61. The van der Waals surface area contributed by atoms with E-state index in [9.17, 15) is 0 Å². The highest BCUT2D eigenvalue weighted by Gasteiger charge is 2.07. The minimum Gasteiger partial charge on any atom is -0.494 e. The second kappa shape index (κ2) is 6.55. The molecule has 0 spiro atoms. The first-order valence-electron chi connectivity index (χ1n) is 6.35. The van der Waals surface area contributed by atoms with E-state index in [1.54, 1.807) is 13.3 Å². The first-order chi connectivity index (χ1) is 8.44. The molecule has 0 fully saturated rings. The Bertz CT molecular complexity index is 405. The lowest BCUT2D eigenvalue weighted by atomic mass is 10.1. The maximum absolute atomic E-state index is 5.31. The van der Waals surface area contributed by atoms with Gasteiger partial charge in [-0.3, -0.25) is 4.98 Å². The summed E-state index contributed by atoms with van der Waals surface area (Å²) in [4.78, 5) is 4.36. The van der Waals surface area contributed by atoms with Crippen LogP contribution in [0.25, 0.3) is 5.57 Å². The molecular formula is C15H24N2O. The van der Waals surface area contributed by atoms with Crippen LogP contribution in [0.1, 0.15) is 39.8 Å². The quantitative estimate of drug-likeness (QED) is 0.812. The number of ether oxygens (including phenoxy) is 1. The molecule has 0 aromatic carbocycles. The third-order valence-corrected chi connectivity index (χ3v) is 2.61. The minimum absolute atomic E-state index is 0.171. The highest BCUT2D eigenvalue weighted by Crippen LogP contribution is 2.22. The Balaban J connectivity index is 2.61. The van der Waals surface area contributed by atoms with Gasteiger partial charge in [0, 0.05) is 11.7 Å². The standard InChI is InChI=1S/C15H24N2O/c1-12(8-6-11-17-15(2,3)4)14-13(18-5)9-7-10-16-14/h7-10,17H,6,11H2,1-5H3/b12-8+. The number of pyridine rings is 1. The van der Waals surface area contributed by atoms with E-state index < -0.39 is 0 Å². The van der Waals surface area contributed by atoms with Gasteiger partial charge in [-0.05, 0) is 58.4 Å². The summed E-state index contributed by atoms with van der Waals surface area (Å²) in [6, 6.07) is 3.82. The molecule has 3 heteroatoms. The molecule has 0 atom stereocenters. The highest BCUT2D eigenvalue weighted by atomic mass is 16.5. The van der Waals surface area contributed by atoms with Crippen molar-refractivity contribution in [3.05, 3.63) is 30.1 Å². The summed E-state index contributed by atoms with van der Waals surface area (Å²) in [5.41, 5.74) is 2.25. The fourth-order valence-electron chi connectivity index (χ4n) is 1.68. The van der Waals surface area contributed by atoms with E-state index in [4.69, 9.17) is 4.74 Å². The number of aromatic nitrogens is 1. The average molecular weight is 248 g/mol. The number of allylic oxidation sites excluding steroid dienone is 1. The van der Waals surface area contributed by atoms with Crippen LogP contribution >= 0.6 is 0 Å². The molecule has 0 saturated heterocycles. The van der Waals surface area contributed by atoms with Gasteiger partial charge in [0.05, 0.1) is 7.11 Å². The molecule has 1 heterocycles. The van der Waals surface area contributed by atoms with Crippen molar-refractivity contribution in [2.75, 3.05) is 13.7 Å². The van der Waals surface area contributed by atoms with Gasteiger partial charge < -0.3 is 10.1 Å². The van der Waals surface area contributed by atoms with Gasteiger partial charge in [-0.25, -0.2) is 0 Å². The fraction of sp³-hybridized carbons (Fsp3) is 0.533. The Kier molecular flexibility index (Phi) is 5.35. The van der Waals surface area contributed by atoms with Crippen molar-refractivity contribution >= 4 is 5.57 Å². The second-order valence-corrected chi connectivity index (χ2v) is 5.41. The van der Waals surface area contributed by atoms with Crippen LogP contribution in [0.4, 0.5) is 0 Å². The first kappa shape index (κ1) is 14.7. The van der Waals surface area contributed by atoms with Crippen molar-refractivity contribution < 1.29 is 4.74 Å². The van der Waals surface area contributed by atoms with E-state index >= 15 is 0 Å². The van der Waals surface area contributed by atoms with Gasteiger partial charge in [-0.15, -0.1) is 0 Å². The third kappa shape index (κ3) is 4.88. The predicted molar refractivity (Wildman–Crippen MR) is 76.8 cm³/mol. The molecule has 0 aliphatic heterocycles. The minimum atomic E-state index is 0.171. The highest BCUT2D eigenvalue weighted by molar-refractivity contribution is 5.65. The van der Waals surface area contributed by atoms with Crippen LogP contribution < -0.4 is 10.1 Å². The molecule has 1 N–H and O–H groups in total. The zero-order valence-corrected chi connectivity index (χ0v) is 12.1. The molecule has 0 aliphatic rings. The van der Waals surface area contributed by atoms with Gasteiger partial charge in [0.25, 0.3) is 0 Å². The zero-order valence-electron chi connectivity index (χ0n) is 12.1. The number of nitrogens with one attached hydrogen (secondary N) is 1. The van der Waals surface area contributed by atoms with Crippen molar-refractivity contribution in [1.82, 2.24) is 10.3 Å². The number of hydrogen-bond donors (Lipinski definition) is 1. The fourth-order valence-corrected chi connectivity index (χ4v) is 1.68. The molecule has 0 aliphatic carbocycles. The van der Waals surface area contributed by atoms with Crippen LogP contribution in [0.2, 0.25) is 0 Å². The smallest absolute Gasteiger partial charge is 0.144 e. The normalized spacial score (nSPS) is 12.6. The Morgan fingerprint density at radius 1 is 1.44 bits per heavy atom. The number of rotatable bonds is 5. The molecule has 100 valence electrons. The van der Waals surface area contributed by atoms with Crippen molar-refractivity contribution in [2.24, 2.45) is 0 Å². The van der Waals surface area contributed by atoms with Gasteiger partial charge in [0.1, 0.15) is 11.4 Å². The Labute approximate surface area is 110 Å². The van der Waals surface area contributed by atoms with Gasteiger partial charge in [-0.1, -0.05) is 6.08 Å². The molecule has 0 amide bonds. The number of methoxy groups -OCH3 is 1. The average Bonchev–Trinajstić information content (AvgIpc) is 2.33. The SMILES string of the molecule is COc1cccnc1/C(C)=C/CCNC(C)(C)C. The predicted octanol–water partition coefficient (Wildman–Crippen LogP) is 3.27. The summed E-state index contributed by atoms with van der Waals surface area (Å²) in [5.74, 6) is 0.829. The Morgan fingerprint density at radius 3 is 2.78 bits per heavy atom. The Hall–Kier alpha value is -1.35. The monoisotopic (exact) mass is 248 g/mol. The molecule has 1 rings (SSSR count). The number of nitrogens with zero attached hydrogens (tertiary/aromatic N) is 1. The van der Waals surface area contributed by atoms with Crippen LogP contribution in [0.5, 0.6) is 5.75 Å². The van der Waals surface area contributed by atoms with E-state index in [0.29, 0.717) is 0 Å². The van der Waals surface area contributed by atoms with Gasteiger partial charge >= 0.3 is 0 Å². The van der Waals surface area contributed by atoms with Crippen molar-refractivity contribution in [3.63, 3.8) is 0 Å². The first-order valence-corrected chi connectivity index (χ1v) is 6.35. The summed E-state index contributed by atoms with van der Waals surface area (Å²) < 4.78 is 5.31. The second-order valence-electron chi connectivity index (χ2n) is 5.41. The van der Waals surface area contributed by atoms with E-state index in [1.807, 2.05) is 12.1 Å². The molecule has 3 nitrogen and oxygen atoms in total. The van der Waals surface area contributed by atoms with Crippen LogP contribution in [-0.2, 0) is 0 Å². The molecular weight excluding hydrogens is 224 g/mol. The molecule has 1 aromatic heterocycles. The summed E-state index contributed by atoms with van der Waals surface area (Å²) >= 11 is 0. The molecule has 0 saturated carbocycles. The van der Waals surface area contributed by atoms with Gasteiger partial charge in [-0.2, -0.15) is 0 Å². The van der Waals surface area contributed by atoms with E-state index in [1.165, 1.54) is 0 Å². The van der Waals surface area contributed by atoms with Gasteiger partial charge in [0.15, 0.2) is 0 Å². The maximum atomic E-state index is 5.31. The van der Waals surface area contributed by atoms with Crippen LogP contribution in [0.15, 0.2) is 24.4 Å². The molecule has 0 radical (unpaired) electrons. The van der Waals surface area contributed by atoms with Crippen molar-refractivity contribution in [2.45, 2.75) is 39.7 Å². The topological polar surface area (TPSA) is 34.1 Å². The summed E-state index contributed by atoms with van der Waals surface area (Å²) in [6.07, 6.45) is 4.98. The summed E-state index contributed by atoms with van der Waals surface area (Å²) in [5, 5.41) is 3.46. The lowest BCUT2D eigenvalue weighted by molar-refractivity contribution is 0.411. The largest absolute Gasteiger partial charge is 0.494 e.